The molecule has 30 heavy (non-hydrogen) atoms. The first-order valence-corrected chi connectivity index (χ1v) is 10.3. The van der Waals surface area contributed by atoms with E-state index in [0.29, 0.717) is 0 Å². The van der Waals surface area contributed by atoms with Crippen molar-refractivity contribution < 1.29 is 4.79 Å². The first kappa shape index (κ1) is 18.3. The summed E-state index contributed by atoms with van der Waals surface area (Å²) in [5.41, 5.74) is 6.53. The highest BCUT2D eigenvalue weighted by Crippen LogP contribution is 2.46. The molecule has 4 aromatic carbocycles. The van der Waals surface area contributed by atoms with Crippen LogP contribution in [0.1, 0.15) is 44.4 Å². The zero-order chi connectivity index (χ0) is 20.3. The van der Waals surface area contributed by atoms with Gasteiger partial charge in [-0.05, 0) is 27.8 Å². The van der Waals surface area contributed by atoms with E-state index in [1.54, 1.807) is 0 Å². The smallest absolute Gasteiger partial charge is 0.171 e. The van der Waals surface area contributed by atoms with Gasteiger partial charge in [0, 0.05) is 11.5 Å². The Morgan fingerprint density at radius 2 is 1.17 bits per heavy atom. The fraction of sp³-hybridized carbons (Fsp3) is 0.0690. The van der Waals surface area contributed by atoms with Gasteiger partial charge in [-0.2, -0.15) is 0 Å². The van der Waals surface area contributed by atoms with E-state index in [9.17, 15) is 4.79 Å². The minimum Gasteiger partial charge on any atom is -0.293 e. The fourth-order valence-corrected chi connectivity index (χ4v) is 4.49. The van der Waals surface area contributed by atoms with E-state index in [4.69, 9.17) is 0 Å². The van der Waals surface area contributed by atoms with Crippen LogP contribution in [0.15, 0.2) is 121 Å². The summed E-state index contributed by atoms with van der Waals surface area (Å²) in [6.45, 7) is 0. The highest BCUT2D eigenvalue weighted by molar-refractivity contribution is 6.04. The van der Waals surface area contributed by atoms with Crippen LogP contribution in [0.4, 0.5) is 0 Å². The summed E-state index contributed by atoms with van der Waals surface area (Å²) in [5, 5.41) is 0. The molecule has 0 heterocycles. The molecule has 0 amide bonds. The van der Waals surface area contributed by atoms with Gasteiger partial charge in [0.1, 0.15) is 0 Å². The van der Waals surface area contributed by atoms with Gasteiger partial charge in [0.05, 0.1) is 5.92 Å². The quantitative estimate of drug-likeness (QED) is 0.349. The molecule has 2 atom stereocenters. The molecule has 1 aliphatic rings. The van der Waals surface area contributed by atoms with Gasteiger partial charge in [-0.25, -0.2) is 0 Å². The second-order valence-electron chi connectivity index (χ2n) is 7.68. The topological polar surface area (TPSA) is 17.1 Å². The van der Waals surface area contributed by atoms with Gasteiger partial charge >= 0.3 is 0 Å². The lowest BCUT2D eigenvalue weighted by atomic mass is 9.69. The Balaban J connectivity index is 1.73. The lowest BCUT2D eigenvalue weighted by Gasteiger charge is -2.32. The van der Waals surface area contributed by atoms with E-state index in [1.165, 1.54) is 11.1 Å². The molecule has 0 bridgehead atoms. The Bertz CT molecular complexity index is 1190. The van der Waals surface area contributed by atoms with Gasteiger partial charge in [-0.1, -0.05) is 121 Å². The van der Waals surface area contributed by atoms with Gasteiger partial charge < -0.3 is 0 Å². The van der Waals surface area contributed by atoms with Gasteiger partial charge in [0.25, 0.3) is 0 Å². The molecule has 0 aliphatic heterocycles. The number of rotatable bonds is 4. The van der Waals surface area contributed by atoms with Gasteiger partial charge in [0.15, 0.2) is 5.78 Å². The molecular weight excluding hydrogens is 364 g/mol. The summed E-state index contributed by atoms with van der Waals surface area (Å²) in [4.78, 5) is 13.8. The maximum Gasteiger partial charge on any atom is 0.171 e. The molecule has 0 unspecified atom stereocenters. The number of fused-ring (bicyclic) bond motifs is 1. The zero-order valence-corrected chi connectivity index (χ0v) is 16.6. The second-order valence-corrected chi connectivity index (χ2v) is 7.68. The van der Waals surface area contributed by atoms with Crippen LogP contribution in [0.2, 0.25) is 0 Å². The summed E-state index contributed by atoms with van der Waals surface area (Å²) in [6, 6.07) is 38.9. The van der Waals surface area contributed by atoms with E-state index in [0.717, 1.165) is 22.3 Å². The first-order chi connectivity index (χ1) is 14.8. The minimum absolute atomic E-state index is 0.0241. The number of carbonyl (C=O) groups is 1. The van der Waals surface area contributed by atoms with Crippen molar-refractivity contribution in [3.05, 3.63) is 149 Å². The van der Waals surface area contributed by atoms with Crippen molar-refractivity contribution in [3.8, 4) is 0 Å². The molecule has 0 spiro atoms. The largest absolute Gasteiger partial charge is 0.293 e. The van der Waals surface area contributed by atoms with Crippen LogP contribution in [0.25, 0.3) is 5.57 Å². The Hall–Kier alpha value is -3.71. The number of carbonyl (C=O) groups excluding carboxylic acids is 1. The standard InChI is InChI=1S/C29H22O/c30-29(23-16-8-3-9-17-23)28-25-19-11-10-18-24(25)26(21-12-4-1-5-13-21)20-27(28)22-14-6-2-7-15-22/h1-20,27-28H/t27-,28+/m1/s1. The van der Waals surface area contributed by atoms with E-state index < -0.39 is 0 Å². The summed E-state index contributed by atoms with van der Waals surface area (Å²) < 4.78 is 0. The Morgan fingerprint density at radius 3 is 1.87 bits per heavy atom. The van der Waals surface area contributed by atoms with Crippen molar-refractivity contribution in [2.75, 3.05) is 0 Å². The predicted octanol–water partition coefficient (Wildman–Crippen LogP) is 6.88. The van der Waals surface area contributed by atoms with E-state index in [-0.39, 0.29) is 17.6 Å². The monoisotopic (exact) mass is 386 g/mol. The van der Waals surface area contributed by atoms with Crippen molar-refractivity contribution in [2.24, 2.45) is 0 Å². The molecule has 0 saturated carbocycles. The average Bonchev–Trinajstić information content (AvgIpc) is 2.84. The van der Waals surface area contributed by atoms with E-state index in [1.807, 2.05) is 48.5 Å². The lowest BCUT2D eigenvalue weighted by Crippen LogP contribution is -2.24. The van der Waals surface area contributed by atoms with Gasteiger partial charge in [-0.3, -0.25) is 4.79 Å². The number of allylic oxidation sites excluding steroid dienone is 1. The number of hydrogen-bond donors (Lipinski definition) is 0. The first-order valence-electron chi connectivity index (χ1n) is 10.3. The molecule has 0 N–H and O–H groups in total. The number of hydrogen-bond acceptors (Lipinski definition) is 1. The third-order valence-electron chi connectivity index (χ3n) is 5.90. The molecule has 1 heteroatoms. The highest BCUT2D eigenvalue weighted by Gasteiger charge is 2.36. The molecule has 0 aromatic heterocycles. The summed E-state index contributed by atoms with van der Waals surface area (Å²) in [6.07, 6.45) is 2.29. The molecule has 0 radical (unpaired) electrons. The van der Waals surface area contributed by atoms with Gasteiger partial charge in [-0.15, -0.1) is 0 Å². The van der Waals surface area contributed by atoms with Crippen LogP contribution in [0.5, 0.6) is 0 Å². The van der Waals surface area contributed by atoms with Crippen molar-refractivity contribution >= 4 is 11.4 Å². The molecule has 0 saturated heterocycles. The minimum atomic E-state index is -0.251. The van der Waals surface area contributed by atoms with E-state index >= 15 is 0 Å². The van der Waals surface area contributed by atoms with Gasteiger partial charge in [0.2, 0.25) is 0 Å². The second kappa shape index (κ2) is 7.96. The summed E-state index contributed by atoms with van der Waals surface area (Å²) in [5.74, 6) is -0.109. The van der Waals surface area contributed by atoms with Crippen molar-refractivity contribution in [3.63, 3.8) is 0 Å². The van der Waals surface area contributed by atoms with Crippen LogP contribution >= 0.6 is 0 Å². The van der Waals surface area contributed by atoms with Crippen LogP contribution < -0.4 is 0 Å². The van der Waals surface area contributed by atoms with E-state index in [2.05, 4.69) is 72.8 Å². The highest BCUT2D eigenvalue weighted by atomic mass is 16.1. The molecule has 0 fully saturated rings. The number of ketones is 1. The van der Waals surface area contributed by atoms with Crippen molar-refractivity contribution in [1.82, 2.24) is 0 Å². The van der Waals surface area contributed by atoms with Crippen molar-refractivity contribution in [2.45, 2.75) is 11.8 Å². The van der Waals surface area contributed by atoms with Crippen LogP contribution in [-0.4, -0.2) is 5.78 Å². The maximum atomic E-state index is 13.8. The summed E-state index contributed by atoms with van der Waals surface area (Å²) in [7, 11) is 0. The third kappa shape index (κ3) is 3.29. The van der Waals surface area contributed by atoms with Crippen LogP contribution in [0, 0.1) is 0 Å². The molecule has 1 nitrogen and oxygen atoms in total. The molecular formula is C29H22O. The zero-order valence-electron chi connectivity index (χ0n) is 16.6. The maximum absolute atomic E-state index is 13.8. The number of benzene rings is 4. The normalized spacial score (nSPS) is 17.7. The SMILES string of the molecule is O=C(c1ccccc1)[C@H]1c2ccccc2C(c2ccccc2)=C[C@@H]1c1ccccc1. The Kier molecular flexibility index (Phi) is 4.86. The fourth-order valence-electron chi connectivity index (χ4n) is 4.49. The molecule has 1 aliphatic carbocycles. The van der Waals surface area contributed by atoms with Crippen LogP contribution in [0.3, 0.4) is 0 Å². The lowest BCUT2D eigenvalue weighted by molar-refractivity contribution is 0.0952. The van der Waals surface area contributed by atoms with Crippen LogP contribution in [-0.2, 0) is 0 Å². The Labute approximate surface area is 177 Å². The number of Topliss-reactive ketones (excluding diaryl/α,β-unsaturated/α-hetero) is 1. The van der Waals surface area contributed by atoms with Crippen molar-refractivity contribution in [1.29, 1.82) is 0 Å². The summed E-state index contributed by atoms with van der Waals surface area (Å²) >= 11 is 0. The average molecular weight is 386 g/mol. The molecule has 144 valence electrons. The Morgan fingerprint density at radius 1 is 0.600 bits per heavy atom. The molecule has 4 aromatic rings. The predicted molar refractivity (Wildman–Crippen MR) is 123 cm³/mol. The molecule has 5 rings (SSSR count). The third-order valence-corrected chi connectivity index (χ3v) is 5.90.